The highest BCUT2D eigenvalue weighted by molar-refractivity contribution is 7.84. The van der Waals surface area contributed by atoms with Crippen LogP contribution in [0.3, 0.4) is 0 Å². The van der Waals surface area contributed by atoms with E-state index in [4.69, 9.17) is 28.3 Å². The van der Waals surface area contributed by atoms with Crippen LogP contribution in [0.1, 0.15) is 21.5 Å². The second-order valence-electron chi connectivity index (χ2n) is 4.53. The third-order valence-corrected chi connectivity index (χ3v) is 4.96. The van der Waals surface area contributed by atoms with Gasteiger partial charge in [-0.1, -0.05) is 35.3 Å². The van der Waals surface area contributed by atoms with Crippen molar-refractivity contribution in [2.45, 2.75) is 17.6 Å². The molecule has 2 aromatic carbocycles. The van der Waals surface area contributed by atoms with Crippen LogP contribution in [-0.2, 0) is 16.6 Å². The van der Waals surface area contributed by atoms with E-state index >= 15 is 0 Å². The molecule has 0 bridgehead atoms. The highest BCUT2D eigenvalue weighted by Gasteiger charge is 2.14. The van der Waals surface area contributed by atoms with Crippen LogP contribution in [0, 0.1) is 6.92 Å². The summed E-state index contributed by atoms with van der Waals surface area (Å²) in [5.74, 6) is -0.924. The molecule has 0 aliphatic rings. The molecule has 0 radical (unpaired) electrons. The van der Waals surface area contributed by atoms with Gasteiger partial charge in [-0.25, -0.2) is 4.79 Å². The highest BCUT2D eigenvalue weighted by Crippen LogP contribution is 2.24. The van der Waals surface area contributed by atoms with Crippen LogP contribution >= 0.6 is 23.2 Å². The predicted octanol–water partition coefficient (Wildman–Crippen LogP) is 4.31. The van der Waals surface area contributed by atoms with E-state index < -0.39 is 16.8 Å². The van der Waals surface area contributed by atoms with Gasteiger partial charge >= 0.3 is 5.97 Å². The number of carboxylic acids is 1. The van der Waals surface area contributed by atoms with Crippen LogP contribution < -0.4 is 0 Å². The molecule has 1 unspecified atom stereocenters. The van der Waals surface area contributed by atoms with Crippen molar-refractivity contribution in [3.8, 4) is 0 Å². The van der Waals surface area contributed by atoms with Gasteiger partial charge in [0.2, 0.25) is 0 Å². The Morgan fingerprint density at radius 1 is 1.14 bits per heavy atom. The van der Waals surface area contributed by atoms with Crippen molar-refractivity contribution in [3.05, 3.63) is 63.1 Å². The molecule has 0 heterocycles. The smallest absolute Gasteiger partial charge is 0.337 e. The molecule has 0 aromatic heterocycles. The standard InChI is InChI=1S/C15H12Cl2O3S/c1-9-2-3-10(14(17)6-9)8-21(20)11-4-5-13(16)12(7-11)15(18)19/h2-7H,8H2,1H3,(H,18,19). The van der Waals surface area contributed by atoms with E-state index in [-0.39, 0.29) is 16.3 Å². The molecule has 0 saturated carbocycles. The molecule has 0 aliphatic heterocycles. The van der Waals surface area contributed by atoms with Crippen LogP contribution in [0.25, 0.3) is 0 Å². The van der Waals surface area contributed by atoms with Crippen molar-refractivity contribution >= 4 is 40.0 Å². The zero-order chi connectivity index (χ0) is 15.6. The summed E-state index contributed by atoms with van der Waals surface area (Å²) in [4.78, 5) is 11.5. The van der Waals surface area contributed by atoms with Gasteiger partial charge in [0.05, 0.1) is 27.1 Å². The number of hydrogen-bond donors (Lipinski definition) is 1. The normalized spacial score (nSPS) is 12.1. The van der Waals surface area contributed by atoms with Crippen LogP contribution in [-0.4, -0.2) is 15.3 Å². The van der Waals surface area contributed by atoms with E-state index in [1.807, 2.05) is 19.1 Å². The fraction of sp³-hybridized carbons (Fsp3) is 0.133. The lowest BCUT2D eigenvalue weighted by molar-refractivity contribution is 0.0697. The number of aryl methyl sites for hydroxylation is 1. The summed E-state index contributed by atoms with van der Waals surface area (Å²) in [6.45, 7) is 1.92. The van der Waals surface area contributed by atoms with E-state index in [1.165, 1.54) is 12.1 Å². The lowest BCUT2D eigenvalue weighted by Gasteiger charge is -2.07. The first-order valence-electron chi connectivity index (χ1n) is 6.04. The van der Waals surface area contributed by atoms with E-state index in [2.05, 4.69) is 0 Å². The SMILES string of the molecule is Cc1ccc(CS(=O)c2ccc(Cl)c(C(=O)O)c2)c(Cl)c1. The number of rotatable bonds is 4. The van der Waals surface area contributed by atoms with Crippen molar-refractivity contribution in [2.24, 2.45) is 0 Å². The summed E-state index contributed by atoms with van der Waals surface area (Å²) in [5, 5.41) is 9.71. The topological polar surface area (TPSA) is 54.4 Å². The maximum atomic E-state index is 12.4. The van der Waals surface area contributed by atoms with Gasteiger partial charge in [-0.2, -0.15) is 0 Å². The third kappa shape index (κ3) is 3.84. The predicted molar refractivity (Wildman–Crippen MR) is 84.7 cm³/mol. The van der Waals surface area contributed by atoms with Gasteiger partial charge in [-0.3, -0.25) is 4.21 Å². The minimum absolute atomic E-state index is 0.0579. The molecule has 6 heteroatoms. The first kappa shape index (κ1) is 16.0. The van der Waals surface area contributed by atoms with Gasteiger partial charge in [0.1, 0.15) is 0 Å². The minimum atomic E-state index is -1.39. The molecule has 2 rings (SSSR count). The van der Waals surface area contributed by atoms with Crippen molar-refractivity contribution in [3.63, 3.8) is 0 Å². The number of aromatic carboxylic acids is 1. The first-order chi connectivity index (χ1) is 9.88. The molecule has 0 fully saturated rings. The fourth-order valence-corrected chi connectivity index (χ4v) is 3.55. The average molecular weight is 343 g/mol. The van der Waals surface area contributed by atoms with Gasteiger partial charge in [0, 0.05) is 9.92 Å². The lowest BCUT2D eigenvalue weighted by atomic mass is 10.2. The summed E-state index contributed by atoms with van der Waals surface area (Å²) >= 11 is 11.9. The maximum absolute atomic E-state index is 12.4. The third-order valence-electron chi connectivity index (χ3n) is 2.93. The summed E-state index contributed by atoms with van der Waals surface area (Å²) in [7, 11) is -1.39. The summed E-state index contributed by atoms with van der Waals surface area (Å²) in [6.07, 6.45) is 0. The number of halogens is 2. The molecule has 0 amide bonds. The molecule has 0 aliphatic carbocycles. The summed E-state index contributed by atoms with van der Waals surface area (Å²) < 4.78 is 12.4. The highest BCUT2D eigenvalue weighted by atomic mass is 35.5. The van der Waals surface area contributed by atoms with Gasteiger partial charge in [-0.05, 0) is 42.3 Å². The molecule has 1 atom stereocenters. The largest absolute Gasteiger partial charge is 0.478 e. The van der Waals surface area contributed by atoms with E-state index in [9.17, 15) is 9.00 Å². The summed E-state index contributed by atoms with van der Waals surface area (Å²) in [5.41, 5.74) is 1.72. The molecule has 0 spiro atoms. The molecule has 110 valence electrons. The lowest BCUT2D eigenvalue weighted by Crippen LogP contribution is -2.02. The Balaban J connectivity index is 2.28. The second-order valence-corrected chi connectivity index (χ2v) is 6.80. The zero-order valence-corrected chi connectivity index (χ0v) is 13.4. The Labute approximate surface area is 135 Å². The Morgan fingerprint density at radius 2 is 1.86 bits per heavy atom. The van der Waals surface area contributed by atoms with Crippen molar-refractivity contribution < 1.29 is 14.1 Å². The van der Waals surface area contributed by atoms with Crippen LogP contribution in [0.5, 0.6) is 0 Å². The van der Waals surface area contributed by atoms with Crippen molar-refractivity contribution in [2.75, 3.05) is 0 Å². The average Bonchev–Trinajstić information content (AvgIpc) is 2.42. The zero-order valence-electron chi connectivity index (χ0n) is 11.1. The number of benzene rings is 2. The molecule has 2 aromatic rings. The van der Waals surface area contributed by atoms with Gasteiger partial charge < -0.3 is 5.11 Å². The van der Waals surface area contributed by atoms with E-state index in [0.717, 1.165) is 11.1 Å². The van der Waals surface area contributed by atoms with Crippen LogP contribution in [0.15, 0.2) is 41.3 Å². The fourth-order valence-electron chi connectivity index (χ4n) is 1.80. The number of carboxylic acid groups (broad SMARTS) is 1. The van der Waals surface area contributed by atoms with Gasteiger partial charge in [0.15, 0.2) is 0 Å². The van der Waals surface area contributed by atoms with Crippen LogP contribution in [0.2, 0.25) is 10.0 Å². The monoisotopic (exact) mass is 342 g/mol. The maximum Gasteiger partial charge on any atom is 0.337 e. The summed E-state index contributed by atoms with van der Waals surface area (Å²) in [6, 6.07) is 9.86. The van der Waals surface area contributed by atoms with E-state index in [0.29, 0.717) is 9.92 Å². The number of carbonyl (C=O) groups is 1. The Bertz CT molecular complexity index is 729. The first-order valence-corrected chi connectivity index (χ1v) is 8.12. The Kier molecular flexibility index (Phi) is 5.04. The van der Waals surface area contributed by atoms with Crippen LogP contribution in [0.4, 0.5) is 0 Å². The Hall–Kier alpha value is -1.36. The quantitative estimate of drug-likeness (QED) is 0.900. The molecule has 21 heavy (non-hydrogen) atoms. The molecule has 1 N–H and O–H groups in total. The van der Waals surface area contributed by atoms with Crippen molar-refractivity contribution in [1.29, 1.82) is 0 Å². The second kappa shape index (κ2) is 6.60. The molecular weight excluding hydrogens is 331 g/mol. The minimum Gasteiger partial charge on any atom is -0.478 e. The van der Waals surface area contributed by atoms with E-state index in [1.54, 1.807) is 12.1 Å². The Morgan fingerprint density at radius 3 is 2.48 bits per heavy atom. The molecule has 0 saturated heterocycles. The molecular formula is C15H12Cl2O3S. The van der Waals surface area contributed by atoms with Gasteiger partial charge in [-0.15, -0.1) is 0 Å². The molecule has 3 nitrogen and oxygen atoms in total. The number of hydrogen-bond acceptors (Lipinski definition) is 2. The van der Waals surface area contributed by atoms with Gasteiger partial charge in [0.25, 0.3) is 0 Å². The van der Waals surface area contributed by atoms with Crippen molar-refractivity contribution in [1.82, 2.24) is 0 Å².